The number of amides is 1. The first-order chi connectivity index (χ1) is 15.1. The average Bonchev–Trinajstić information content (AvgIpc) is 3.36. The minimum atomic E-state index is -0.0797. The summed E-state index contributed by atoms with van der Waals surface area (Å²) in [5, 5.41) is 12.5. The molecule has 31 heavy (non-hydrogen) atoms. The van der Waals surface area contributed by atoms with Gasteiger partial charge in [0.05, 0.1) is 29.6 Å². The van der Waals surface area contributed by atoms with E-state index in [4.69, 9.17) is 0 Å². The Bertz CT molecular complexity index is 1370. The Morgan fingerprint density at radius 3 is 2.84 bits per heavy atom. The Labute approximate surface area is 178 Å². The van der Waals surface area contributed by atoms with E-state index < -0.39 is 0 Å². The maximum Gasteiger partial charge on any atom is 0.238 e. The SMILES string of the molecule is CN(C)CC(=O)Nc1cncc(-c2ccc3[nH]nc(-c4cc5cccnc5[nH]4)c3c2)c1. The number of anilines is 1. The molecule has 0 unspecified atom stereocenters. The molecule has 0 bridgehead atoms. The molecule has 0 aliphatic heterocycles. The number of carbonyl (C=O) groups is 1. The fraction of sp³-hybridized carbons (Fsp3) is 0.130. The Hall–Kier alpha value is -4.04. The second-order valence-electron chi connectivity index (χ2n) is 7.71. The first-order valence-electron chi connectivity index (χ1n) is 9.89. The van der Waals surface area contributed by atoms with Gasteiger partial charge < -0.3 is 15.2 Å². The molecule has 1 aromatic carbocycles. The summed E-state index contributed by atoms with van der Waals surface area (Å²) in [5.74, 6) is -0.0797. The minimum Gasteiger partial charge on any atom is -0.338 e. The van der Waals surface area contributed by atoms with E-state index in [1.807, 2.05) is 55.4 Å². The summed E-state index contributed by atoms with van der Waals surface area (Å²) >= 11 is 0. The molecule has 0 saturated heterocycles. The van der Waals surface area contributed by atoms with Crippen LogP contribution in [-0.2, 0) is 4.79 Å². The van der Waals surface area contributed by atoms with Gasteiger partial charge in [0, 0.05) is 28.7 Å². The van der Waals surface area contributed by atoms with Crippen LogP contribution in [0.15, 0.2) is 61.1 Å². The second-order valence-corrected chi connectivity index (χ2v) is 7.71. The van der Waals surface area contributed by atoms with Crippen LogP contribution >= 0.6 is 0 Å². The summed E-state index contributed by atoms with van der Waals surface area (Å²) in [6.45, 7) is 0.313. The molecule has 5 rings (SSSR count). The van der Waals surface area contributed by atoms with Crippen molar-refractivity contribution < 1.29 is 4.79 Å². The van der Waals surface area contributed by atoms with E-state index in [-0.39, 0.29) is 5.91 Å². The molecule has 4 aromatic heterocycles. The van der Waals surface area contributed by atoms with Crippen molar-refractivity contribution in [2.45, 2.75) is 0 Å². The Balaban J connectivity index is 1.51. The maximum absolute atomic E-state index is 12.1. The third-order valence-electron chi connectivity index (χ3n) is 5.02. The zero-order chi connectivity index (χ0) is 21.4. The van der Waals surface area contributed by atoms with Crippen molar-refractivity contribution in [3.63, 3.8) is 0 Å². The number of aromatic nitrogens is 5. The molecule has 0 saturated carbocycles. The quantitative estimate of drug-likeness (QED) is 0.410. The number of nitrogens with zero attached hydrogens (tertiary/aromatic N) is 4. The lowest BCUT2D eigenvalue weighted by Crippen LogP contribution is -2.27. The van der Waals surface area contributed by atoms with E-state index in [1.54, 1.807) is 18.6 Å². The van der Waals surface area contributed by atoms with E-state index in [9.17, 15) is 4.79 Å². The molecule has 0 fully saturated rings. The summed E-state index contributed by atoms with van der Waals surface area (Å²) in [7, 11) is 3.71. The van der Waals surface area contributed by atoms with Gasteiger partial charge in [-0.25, -0.2) is 4.98 Å². The molecular weight excluding hydrogens is 390 g/mol. The number of benzene rings is 1. The van der Waals surface area contributed by atoms with E-state index >= 15 is 0 Å². The number of likely N-dealkylation sites (N-methyl/N-ethyl adjacent to an activating group) is 1. The lowest BCUT2D eigenvalue weighted by molar-refractivity contribution is -0.116. The Morgan fingerprint density at radius 2 is 2.00 bits per heavy atom. The molecular formula is C23H21N7O. The number of pyridine rings is 2. The van der Waals surface area contributed by atoms with E-state index in [2.05, 4.69) is 36.5 Å². The van der Waals surface area contributed by atoms with E-state index in [1.165, 1.54) is 0 Å². The summed E-state index contributed by atoms with van der Waals surface area (Å²) in [6.07, 6.45) is 5.20. The van der Waals surface area contributed by atoms with Gasteiger partial charge in [0.2, 0.25) is 5.91 Å². The van der Waals surface area contributed by atoms with Crippen LogP contribution in [0, 0.1) is 0 Å². The summed E-state index contributed by atoms with van der Waals surface area (Å²) in [4.78, 5) is 25.9. The van der Waals surface area contributed by atoms with Gasteiger partial charge in [-0.05, 0) is 56.1 Å². The van der Waals surface area contributed by atoms with Crippen molar-refractivity contribution in [2.75, 3.05) is 26.0 Å². The average molecular weight is 411 g/mol. The molecule has 4 heterocycles. The zero-order valence-corrected chi connectivity index (χ0v) is 17.2. The van der Waals surface area contributed by atoms with Crippen LogP contribution in [0.5, 0.6) is 0 Å². The fourth-order valence-corrected chi connectivity index (χ4v) is 3.64. The first-order valence-corrected chi connectivity index (χ1v) is 9.89. The van der Waals surface area contributed by atoms with Crippen molar-refractivity contribution >= 4 is 33.5 Å². The molecule has 0 atom stereocenters. The smallest absolute Gasteiger partial charge is 0.238 e. The lowest BCUT2D eigenvalue weighted by atomic mass is 10.0. The number of nitrogens with one attached hydrogen (secondary N) is 3. The third kappa shape index (κ3) is 3.76. The van der Waals surface area contributed by atoms with Gasteiger partial charge in [0.1, 0.15) is 11.3 Å². The molecule has 5 aromatic rings. The van der Waals surface area contributed by atoms with E-state index in [0.717, 1.165) is 44.5 Å². The van der Waals surface area contributed by atoms with Crippen LogP contribution in [0.3, 0.4) is 0 Å². The largest absolute Gasteiger partial charge is 0.338 e. The van der Waals surface area contributed by atoms with Crippen molar-refractivity contribution in [2.24, 2.45) is 0 Å². The van der Waals surface area contributed by atoms with Crippen molar-refractivity contribution in [3.8, 4) is 22.5 Å². The molecule has 0 aliphatic carbocycles. The second kappa shape index (κ2) is 7.66. The highest BCUT2D eigenvalue weighted by Crippen LogP contribution is 2.31. The van der Waals surface area contributed by atoms with Gasteiger partial charge in [-0.15, -0.1) is 0 Å². The first kappa shape index (κ1) is 19.0. The Morgan fingerprint density at radius 1 is 1.10 bits per heavy atom. The van der Waals surface area contributed by atoms with Gasteiger partial charge >= 0.3 is 0 Å². The predicted octanol–water partition coefficient (Wildman–Crippen LogP) is 3.67. The minimum absolute atomic E-state index is 0.0797. The maximum atomic E-state index is 12.1. The molecule has 1 amide bonds. The van der Waals surface area contributed by atoms with Crippen LogP contribution in [-0.4, -0.2) is 56.6 Å². The van der Waals surface area contributed by atoms with Crippen LogP contribution in [0.4, 0.5) is 5.69 Å². The highest BCUT2D eigenvalue weighted by Gasteiger charge is 2.13. The summed E-state index contributed by atoms with van der Waals surface area (Å²) < 4.78 is 0. The number of rotatable bonds is 5. The normalized spacial score (nSPS) is 11.5. The number of hydrogen-bond donors (Lipinski definition) is 3. The highest BCUT2D eigenvalue weighted by molar-refractivity contribution is 5.97. The molecule has 154 valence electrons. The molecule has 8 heteroatoms. The third-order valence-corrected chi connectivity index (χ3v) is 5.02. The van der Waals surface area contributed by atoms with Gasteiger partial charge in [-0.3, -0.25) is 14.9 Å². The highest BCUT2D eigenvalue weighted by atomic mass is 16.2. The standard InChI is InChI=1S/C23H21N7O/c1-30(2)13-21(31)26-17-8-16(11-24-12-17)14-5-6-19-18(9-14)22(29-28-19)20-10-15-4-3-7-25-23(15)27-20/h3-12H,13H2,1-2H3,(H,25,27)(H,26,31)(H,28,29). The van der Waals surface area contributed by atoms with Crippen molar-refractivity contribution in [3.05, 3.63) is 61.1 Å². The topological polar surface area (TPSA) is 103 Å². The molecule has 0 spiro atoms. The van der Waals surface area contributed by atoms with Gasteiger partial charge in [-0.1, -0.05) is 6.07 Å². The molecule has 3 N–H and O–H groups in total. The molecule has 0 aliphatic rings. The van der Waals surface area contributed by atoms with Crippen LogP contribution in [0.1, 0.15) is 0 Å². The number of fused-ring (bicyclic) bond motifs is 2. The number of aromatic amines is 2. The molecule has 8 nitrogen and oxygen atoms in total. The predicted molar refractivity (Wildman–Crippen MR) is 122 cm³/mol. The number of carbonyl (C=O) groups excluding carboxylic acids is 1. The summed E-state index contributed by atoms with van der Waals surface area (Å²) in [6, 6.07) is 14.0. The lowest BCUT2D eigenvalue weighted by Gasteiger charge is -2.11. The van der Waals surface area contributed by atoms with Gasteiger partial charge in [0.25, 0.3) is 0 Å². The summed E-state index contributed by atoms with van der Waals surface area (Å²) in [5.41, 5.74) is 6.07. The van der Waals surface area contributed by atoms with Crippen LogP contribution in [0.25, 0.3) is 44.5 Å². The number of hydrogen-bond acceptors (Lipinski definition) is 5. The fourth-order valence-electron chi connectivity index (χ4n) is 3.64. The molecule has 0 radical (unpaired) electrons. The monoisotopic (exact) mass is 411 g/mol. The zero-order valence-electron chi connectivity index (χ0n) is 17.2. The van der Waals surface area contributed by atoms with Crippen molar-refractivity contribution in [1.29, 1.82) is 0 Å². The van der Waals surface area contributed by atoms with Crippen LogP contribution < -0.4 is 5.32 Å². The van der Waals surface area contributed by atoms with Crippen molar-refractivity contribution in [1.82, 2.24) is 30.0 Å². The van der Waals surface area contributed by atoms with E-state index in [0.29, 0.717) is 12.2 Å². The number of H-pyrrole nitrogens is 2. The van der Waals surface area contributed by atoms with Gasteiger partial charge in [-0.2, -0.15) is 5.10 Å². The van der Waals surface area contributed by atoms with Gasteiger partial charge in [0.15, 0.2) is 0 Å². The van der Waals surface area contributed by atoms with Crippen LogP contribution in [0.2, 0.25) is 0 Å². The Kier molecular flexibility index (Phi) is 4.68.